The Kier molecular flexibility index (Phi) is 4.78. The molecular formula is C13H24O3S. The van der Waals surface area contributed by atoms with Crippen molar-refractivity contribution in [1.82, 2.24) is 0 Å². The maximum absolute atomic E-state index is 11.6. The number of aliphatic hydroxyl groups is 1. The maximum atomic E-state index is 11.6. The van der Waals surface area contributed by atoms with Crippen LogP contribution in [0.25, 0.3) is 0 Å². The molecule has 1 fully saturated rings. The summed E-state index contributed by atoms with van der Waals surface area (Å²) >= 11 is 0. The van der Waals surface area contributed by atoms with Gasteiger partial charge in [-0.3, -0.25) is 0 Å². The first kappa shape index (κ1) is 14.7. The Balaban J connectivity index is 2.69. The minimum absolute atomic E-state index is 0.0934. The minimum atomic E-state index is -2.97. The van der Waals surface area contributed by atoms with E-state index in [2.05, 4.69) is 6.58 Å². The van der Waals surface area contributed by atoms with Gasteiger partial charge in [-0.1, -0.05) is 12.5 Å². The highest BCUT2D eigenvalue weighted by atomic mass is 32.2. The third-order valence-corrected chi connectivity index (χ3v) is 5.60. The lowest BCUT2D eigenvalue weighted by molar-refractivity contribution is -0.0220. The van der Waals surface area contributed by atoms with Gasteiger partial charge >= 0.3 is 0 Å². The molecule has 1 aliphatic carbocycles. The van der Waals surface area contributed by atoms with E-state index in [0.29, 0.717) is 12.8 Å². The molecule has 100 valence electrons. The molecule has 1 N–H and O–H groups in total. The van der Waals surface area contributed by atoms with Gasteiger partial charge in [0.25, 0.3) is 0 Å². The topological polar surface area (TPSA) is 54.4 Å². The summed E-state index contributed by atoms with van der Waals surface area (Å²) in [5, 5.41) is 10.1. The fraction of sp³-hybridized carbons (Fsp3) is 0.846. The Bertz CT molecular complexity index is 357. The molecule has 0 radical (unpaired) electrons. The van der Waals surface area contributed by atoms with Gasteiger partial charge in [0.15, 0.2) is 0 Å². The zero-order valence-electron chi connectivity index (χ0n) is 10.9. The van der Waals surface area contributed by atoms with Crippen LogP contribution in [0.5, 0.6) is 0 Å². The average Bonchev–Trinajstić information content (AvgIpc) is 2.25. The summed E-state index contributed by atoms with van der Waals surface area (Å²) in [6.45, 7) is 5.48. The monoisotopic (exact) mass is 260 g/mol. The molecule has 0 bridgehead atoms. The van der Waals surface area contributed by atoms with Crippen molar-refractivity contribution < 1.29 is 13.5 Å². The SMILES string of the molecule is C=CCCC(C)(O)C1CCCC(S(C)(=O)=O)C1. The normalized spacial score (nSPS) is 29.6. The summed E-state index contributed by atoms with van der Waals surface area (Å²) in [5.74, 6) is 0.0934. The van der Waals surface area contributed by atoms with Crippen molar-refractivity contribution >= 4 is 9.84 Å². The highest BCUT2D eigenvalue weighted by Gasteiger charge is 2.38. The van der Waals surface area contributed by atoms with Crippen LogP contribution in [0.1, 0.15) is 45.4 Å². The number of allylic oxidation sites excluding steroid dienone is 1. The van der Waals surface area contributed by atoms with E-state index in [9.17, 15) is 13.5 Å². The van der Waals surface area contributed by atoms with Gasteiger partial charge in [-0.2, -0.15) is 0 Å². The zero-order chi connectivity index (χ0) is 13.1. The van der Waals surface area contributed by atoms with Crippen LogP contribution in [0.15, 0.2) is 12.7 Å². The molecule has 0 aromatic heterocycles. The quantitative estimate of drug-likeness (QED) is 0.772. The van der Waals surface area contributed by atoms with Crippen molar-refractivity contribution in [3.05, 3.63) is 12.7 Å². The van der Waals surface area contributed by atoms with Crippen LogP contribution < -0.4 is 0 Å². The fourth-order valence-corrected chi connectivity index (χ4v) is 3.87. The van der Waals surface area contributed by atoms with E-state index in [4.69, 9.17) is 0 Å². The largest absolute Gasteiger partial charge is 0.390 e. The molecule has 17 heavy (non-hydrogen) atoms. The third kappa shape index (κ3) is 4.11. The third-order valence-electron chi connectivity index (χ3n) is 3.97. The summed E-state index contributed by atoms with van der Waals surface area (Å²) < 4.78 is 23.2. The van der Waals surface area contributed by atoms with Crippen LogP contribution in [0.2, 0.25) is 0 Å². The Labute approximate surface area is 105 Å². The van der Waals surface area contributed by atoms with Gasteiger partial charge in [-0.15, -0.1) is 6.58 Å². The van der Waals surface area contributed by atoms with Gasteiger partial charge in [0, 0.05) is 6.26 Å². The van der Waals surface area contributed by atoms with E-state index in [-0.39, 0.29) is 11.2 Å². The van der Waals surface area contributed by atoms with Crippen molar-refractivity contribution in [2.24, 2.45) is 5.92 Å². The van der Waals surface area contributed by atoms with Gasteiger partial charge in [0.2, 0.25) is 0 Å². The molecule has 0 aliphatic heterocycles. The van der Waals surface area contributed by atoms with E-state index < -0.39 is 15.4 Å². The molecule has 1 rings (SSSR count). The molecule has 0 spiro atoms. The molecule has 3 nitrogen and oxygen atoms in total. The van der Waals surface area contributed by atoms with Gasteiger partial charge in [-0.05, 0) is 44.9 Å². The molecule has 1 aliphatic rings. The summed E-state index contributed by atoms with van der Waals surface area (Å²) in [5.41, 5.74) is -0.766. The molecule has 0 aromatic rings. The second-order valence-electron chi connectivity index (χ2n) is 5.50. The number of hydrogen-bond acceptors (Lipinski definition) is 3. The molecule has 0 aromatic carbocycles. The van der Waals surface area contributed by atoms with Crippen molar-refractivity contribution in [2.75, 3.05) is 6.26 Å². The van der Waals surface area contributed by atoms with Crippen LogP contribution in [0, 0.1) is 5.92 Å². The van der Waals surface area contributed by atoms with Crippen LogP contribution >= 0.6 is 0 Å². The van der Waals surface area contributed by atoms with Crippen LogP contribution in [-0.2, 0) is 9.84 Å². The lowest BCUT2D eigenvalue weighted by atomic mass is 9.75. The molecule has 3 unspecified atom stereocenters. The van der Waals surface area contributed by atoms with Gasteiger partial charge < -0.3 is 5.11 Å². The minimum Gasteiger partial charge on any atom is -0.390 e. The molecule has 1 saturated carbocycles. The van der Waals surface area contributed by atoms with Crippen molar-refractivity contribution in [3.63, 3.8) is 0 Å². The molecule has 3 atom stereocenters. The molecular weight excluding hydrogens is 236 g/mol. The molecule has 0 heterocycles. The smallest absolute Gasteiger partial charge is 0.150 e. The van der Waals surface area contributed by atoms with Crippen molar-refractivity contribution in [1.29, 1.82) is 0 Å². The number of sulfone groups is 1. The summed E-state index contributed by atoms with van der Waals surface area (Å²) in [7, 11) is -2.97. The van der Waals surface area contributed by atoms with Gasteiger partial charge in [0.1, 0.15) is 9.84 Å². The van der Waals surface area contributed by atoms with Gasteiger partial charge in [-0.25, -0.2) is 8.42 Å². The lowest BCUT2D eigenvalue weighted by Crippen LogP contribution is -2.40. The van der Waals surface area contributed by atoms with Crippen LogP contribution in [0.4, 0.5) is 0 Å². The van der Waals surface area contributed by atoms with Crippen molar-refractivity contribution in [2.45, 2.75) is 56.3 Å². The first-order chi connectivity index (χ1) is 7.77. The number of hydrogen-bond donors (Lipinski definition) is 1. The predicted molar refractivity (Wildman–Crippen MR) is 70.6 cm³/mol. The Morgan fingerprint density at radius 3 is 2.65 bits per heavy atom. The molecule has 4 heteroatoms. The van der Waals surface area contributed by atoms with E-state index in [1.807, 2.05) is 6.92 Å². The maximum Gasteiger partial charge on any atom is 0.150 e. The second kappa shape index (κ2) is 5.53. The van der Waals surface area contributed by atoms with Crippen LogP contribution in [0.3, 0.4) is 0 Å². The average molecular weight is 260 g/mol. The summed E-state index contributed by atoms with van der Waals surface area (Å²) in [4.78, 5) is 0. The highest BCUT2D eigenvalue weighted by molar-refractivity contribution is 7.91. The first-order valence-corrected chi connectivity index (χ1v) is 8.25. The highest BCUT2D eigenvalue weighted by Crippen LogP contribution is 2.37. The Hall–Kier alpha value is -0.350. The van der Waals surface area contributed by atoms with Gasteiger partial charge in [0.05, 0.1) is 10.9 Å². The predicted octanol–water partition coefficient (Wildman–Crippen LogP) is 2.31. The van der Waals surface area contributed by atoms with E-state index >= 15 is 0 Å². The fourth-order valence-electron chi connectivity index (χ4n) is 2.70. The number of rotatable bonds is 5. The van der Waals surface area contributed by atoms with E-state index in [0.717, 1.165) is 25.7 Å². The molecule has 0 amide bonds. The Morgan fingerprint density at radius 2 is 2.12 bits per heavy atom. The standard InChI is InChI=1S/C13H24O3S/c1-4-5-9-13(2,14)11-7-6-8-12(10-11)17(3,15)16/h4,11-12,14H,1,5-10H2,2-3H3. The van der Waals surface area contributed by atoms with E-state index in [1.54, 1.807) is 6.08 Å². The van der Waals surface area contributed by atoms with Crippen molar-refractivity contribution in [3.8, 4) is 0 Å². The van der Waals surface area contributed by atoms with Crippen LogP contribution in [-0.4, -0.2) is 30.6 Å². The Morgan fingerprint density at radius 1 is 1.47 bits per heavy atom. The first-order valence-electron chi connectivity index (χ1n) is 6.29. The lowest BCUT2D eigenvalue weighted by Gasteiger charge is -2.38. The second-order valence-corrected chi connectivity index (χ2v) is 7.83. The summed E-state index contributed by atoms with van der Waals surface area (Å²) in [6.07, 6.45) is 7.70. The summed E-state index contributed by atoms with van der Waals surface area (Å²) in [6, 6.07) is 0. The van der Waals surface area contributed by atoms with E-state index in [1.165, 1.54) is 6.26 Å². The molecule has 0 saturated heterocycles. The zero-order valence-corrected chi connectivity index (χ0v) is 11.7.